The van der Waals surface area contributed by atoms with Crippen molar-refractivity contribution in [3.05, 3.63) is 34.9 Å². The van der Waals surface area contributed by atoms with Crippen molar-refractivity contribution in [1.29, 1.82) is 0 Å². The number of aliphatic hydroxyl groups excluding tert-OH is 1. The van der Waals surface area contributed by atoms with Crippen molar-refractivity contribution >= 4 is 5.91 Å². The van der Waals surface area contributed by atoms with E-state index in [1.54, 1.807) is 4.90 Å². The van der Waals surface area contributed by atoms with Crippen LogP contribution in [0, 0.1) is 18.6 Å². The summed E-state index contributed by atoms with van der Waals surface area (Å²) in [7, 11) is 0. The maximum atomic E-state index is 14.0. The fourth-order valence-electron chi connectivity index (χ4n) is 3.73. The van der Waals surface area contributed by atoms with Crippen LogP contribution in [0.1, 0.15) is 41.6 Å². The first kappa shape index (κ1) is 17.3. The van der Waals surface area contributed by atoms with Crippen molar-refractivity contribution in [3.8, 4) is 0 Å². The number of aryl methyl sites for hydroxylation is 1. The number of halogens is 2. The SMILES string of the molecule is Cc1ccc(C(=O)N2CCC(N3CCCC(O)C3)CC2)c(F)c1F. The number of piperidine rings is 2. The molecule has 0 bridgehead atoms. The normalized spacial score (nSPS) is 23.5. The second kappa shape index (κ2) is 7.15. The van der Waals surface area contributed by atoms with E-state index in [-0.39, 0.29) is 17.2 Å². The van der Waals surface area contributed by atoms with E-state index in [9.17, 15) is 18.7 Å². The fraction of sp³-hybridized carbons (Fsp3) is 0.611. The van der Waals surface area contributed by atoms with Gasteiger partial charge in [0.15, 0.2) is 11.6 Å². The molecule has 2 aliphatic heterocycles. The van der Waals surface area contributed by atoms with Crippen LogP contribution in [-0.2, 0) is 0 Å². The van der Waals surface area contributed by atoms with Crippen LogP contribution in [0.25, 0.3) is 0 Å². The Hall–Kier alpha value is -1.53. The summed E-state index contributed by atoms with van der Waals surface area (Å²) in [5, 5.41) is 9.79. The average molecular weight is 338 g/mol. The van der Waals surface area contributed by atoms with Crippen LogP contribution in [-0.4, -0.2) is 59.1 Å². The molecule has 24 heavy (non-hydrogen) atoms. The molecule has 2 saturated heterocycles. The molecule has 0 saturated carbocycles. The van der Waals surface area contributed by atoms with Gasteiger partial charge in [-0.3, -0.25) is 9.69 Å². The predicted octanol–water partition coefficient (Wildman–Crippen LogP) is 2.33. The number of benzene rings is 1. The highest BCUT2D eigenvalue weighted by Crippen LogP contribution is 2.23. The summed E-state index contributed by atoms with van der Waals surface area (Å²) in [6, 6.07) is 3.15. The smallest absolute Gasteiger partial charge is 0.256 e. The first-order chi connectivity index (χ1) is 11.5. The van der Waals surface area contributed by atoms with Crippen molar-refractivity contribution in [2.24, 2.45) is 0 Å². The molecule has 2 aliphatic rings. The molecule has 0 aromatic heterocycles. The summed E-state index contributed by atoms with van der Waals surface area (Å²) in [5.74, 6) is -2.44. The Kier molecular flexibility index (Phi) is 5.15. The maximum Gasteiger partial charge on any atom is 0.256 e. The molecule has 132 valence electrons. The van der Waals surface area contributed by atoms with E-state index in [1.807, 2.05) is 0 Å². The van der Waals surface area contributed by atoms with Crippen molar-refractivity contribution in [2.75, 3.05) is 26.2 Å². The molecule has 6 heteroatoms. The summed E-state index contributed by atoms with van der Waals surface area (Å²) in [4.78, 5) is 16.4. The molecule has 4 nitrogen and oxygen atoms in total. The van der Waals surface area contributed by atoms with Crippen molar-refractivity contribution in [2.45, 2.75) is 44.8 Å². The van der Waals surface area contributed by atoms with E-state index >= 15 is 0 Å². The van der Waals surface area contributed by atoms with Gasteiger partial charge < -0.3 is 10.0 Å². The van der Waals surface area contributed by atoms with E-state index in [1.165, 1.54) is 19.1 Å². The van der Waals surface area contributed by atoms with Crippen LogP contribution in [0.4, 0.5) is 8.78 Å². The minimum absolute atomic E-state index is 0.190. The van der Waals surface area contributed by atoms with Gasteiger partial charge in [0, 0.05) is 25.7 Å². The molecule has 1 amide bonds. The Morgan fingerprint density at radius 2 is 1.83 bits per heavy atom. The lowest BCUT2D eigenvalue weighted by molar-refractivity contribution is 0.0239. The molecule has 1 atom stereocenters. The van der Waals surface area contributed by atoms with Gasteiger partial charge in [0.1, 0.15) is 0 Å². The number of β-amino-alcohol motifs (C(OH)–C–C–N with tert-alkyl or cyclic N) is 1. The summed E-state index contributed by atoms with van der Waals surface area (Å²) >= 11 is 0. The number of hydrogen-bond acceptors (Lipinski definition) is 3. The van der Waals surface area contributed by atoms with Crippen molar-refractivity contribution in [1.82, 2.24) is 9.80 Å². The lowest BCUT2D eigenvalue weighted by Crippen LogP contribution is -2.50. The van der Waals surface area contributed by atoms with Gasteiger partial charge in [0.25, 0.3) is 5.91 Å². The Bertz CT molecular complexity index is 615. The van der Waals surface area contributed by atoms with Gasteiger partial charge >= 0.3 is 0 Å². The highest BCUT2D eigenvalue weighted by molar-refractivity contribution is 5.94. The number of amides is 1. The zero-order valence-corrected chi connectivity index (χ0v) is 14.0. The fourth-order valence-corrected chi connectivity index (χ4v) is 3.73. The van der Waals surface area contributed by atoms with Gasteiger partial charge in [-0.2, -0.15) is 0 Å². The second-order valence-corrected chi connectivity index (χ2v) is 6.87. The number of likely N-dealkylation sites (tertiary alicyclic amines) is 2. The van der Waals surface area contributed by atoms with Crippen LogP contribution >= 0.6 is 0 Å². The van der Waals surface area contributed by atoms with E-state index in [0.717, 1.165) is 32.2 Å². The highest BCUT2D eigenvalue weighted by atomic mass is 19.2. The summed E-state index contributed by atoms with van der Waals surface area (Å²) in [6.45, 7) is 4.21. The second-order valence-electron chi connectivity index (χ2n) is 6.87. The lowest BCUT2D eigenvalue weighted by atomic mass is 9.98. The highest BCUT2D eigenvalue weighted by Gasteiger charge is 2.31. The summed E-state index contributed by atoms with van der Waals surface area (Å²) < 4.78 is 27.7. The third-order valence-electron chi connectivity index (χ3n) is 5.20. The Morgan fingerprint density at radius 1 is 1.12 bits per heavy atom. The molecule has 1 aromatic rings. The molecular formula is C18H24F2N2O2. The Labute approximate surface area is 141 Å². The average Bonchev–Trinajstić information content (AvgIpc) is 2.59. The van der Waals surface area contributed by atoms with Crippen LogP contribution in [0.5, 0.6) is 0 Å². The third kappa shape index (κ3) is 3.44. The zero-order chi connectivity index (χ0) is 17.3. The number of carbonyl (C=O) groups excluding carboxylic acids is 1. The minimum Gasteiger partial charge on any atom is -0.392 e. The first-order valence-corrected chi connectivity index (χ1v) is 8.63. The van der Waals surface area contributed by atoms with Gasteiger partial charge in [0.05, 0.1) is 11.7 Å². The lowest BCUT2D eigenvalue weighted by Gasteiger charge is -2.41. The molecule has 0 radical (unpaired) electrons. The number of hydrogen-bond donors (Lipinski definition) is 1. The molecule has 0 aliphatic carbocycles. The molecule has 2 heterocycles. The zero-order valence-electron chi connectivity index (χ0n) is 14.0. The van der Waals surface area contributed by atoms with Crippen molar-refractivity contribution in [3.63, 3.8) is 0 Å². The van der Waals surface area contributed by atoms with E-state index < -0.39 is 17.5 Å². The molecular weight excluding hydrogens is 314 g/mol. The molecule has 2 fully saturated rings. The predicted molar refractivity (Wildman–Crippen MR) is 86.8 cm³/mol. The monoisotopic (exact) mass is 338 g/mol. The largest absolute Gasteiger partial charge is 0.392 e. The van der Waals surface area contributed by atoms with Crippen LogP contribution in [0.3, 0.4) is 0 Å². The molecule has 1 unspecified atom stereocenters. The van der Waals surface area contributed by atoms with E-state index in [0.29, 0.717) is 25.7 Å². The van der Waals surface area contributed by atoms with Gasteiger partial charge in [0.2, 0.25) is 0 Å². The van der Waals surface area contributed by atoms with Crippen LogP contribution in [0.15, 0.2) is 12.1 Å². The Morgan fingerprint density at radius 3 is 2.50 bits per heavy atom. The standard InChI is InChI=1S/C18H24F2N2O2/c1-12-4-5-15(17(20)16(12)19)18(24)21-9-6-13(7-10-21)22-8-2-3-14(23)11-22/h4-5,13-14,23H,2-3,6-11H2,1H3. The number of aliphatic hydroxyl groups is 1. The molecule has 1 N–H and O–H groups in total. The molecule has 3 rings (SSSR count). The summed E-state index contributed by atoms with van der Waals surface area (Å²) in [6.07, 6.45) is 3.19. The Balaban J connectivity index is 1.62. The van der Waals surface area contributed by atoms with E-state index in [4.69, 9.17) is 0 Å². The van der Waals surface area contributed by atoms with Crippen molar-refractivity contribution < 1.29 is 18.7 Å². The minimum atomic E-state index is -1.05. The first-order valence-electron chi connectivity index (χ1n) is 8.63. The van der Waals surface area contributed by atoms with Gasteiger partial charge in [-0.25, -0.2) is 8.78 Å². The van der Waals surface area contributed by atoms with Gasteiger partial charge in [-0.15, -0.1) is 0 Å². The summed E-state index contributed by atoms with van der Waals surface area (Å²) in [5.41, 5.74) is 0.0105. The van der Waals surface area contributed by atoms with Crippen LogP contribution < -0.4 is 0 Å². The van der Waals surface area contributed by atoms with Crippen LogP contribution in [0.2, 0.25) is 0 Å². The number of carbonyl (C=O) groups is 1. The third-order valence-corrected chi connectivity index (χ3v) is 5.20. The quantitative estimate of drug-likeness (QED) is 0.900. The number of nitrogens with zero attached hydrogens (tertiary/aromatic N) is 2. The topological polar surface area (TPSA) is 43.8 Å². The maximum absolute atomic E-state index is 14.0. The van der Waals surface area contributed by atoms with Gasteiger partial charge in [-0.1, -0.05) is 6.07 Å². The van der Waals surface area contributed by atoms with Gasteiger partial charge in [-0.05, 0) is 50.8 Å². The number of rotatable bonds is 2. The molecule has 1 aromatic carbocycles. The van der Waals surface area contributed by atoms with E-state index in [2.05, 4.69) is 4.90 Å². The molecule has 0 spiro atoms.